The predicted molar refractivity (Wildman–Crippen MR) is 63.7 cm³/mol. The van der Waals surface area contributed by atoms with Crippen LogP contribution in [-0.2, 0) is 10.2 Å². The molecule has 0 saturated heterocycles. The summed E-state index contributed by atoms with van der Waals surface area (Å²) in [4.78, 5) is 0. The lowest BCUT2D eigenvalue weighted by Crippen LogP contribution is -2.06. The van der Waals surface area contributed by atoms with Crippen LogP contribution in [0.2, 0.25) is 0 Å². The Kier molecular flexibility index (Phi) is 2.10. The molecule has 86 valence electrons. The van der Waals surface area contributed by atoms with Crippen molar-refractivity contribution in [2.45, 2.75) is 5.25 Å². The van der Waals surface area contributed by atoms with E-state index in [2.05, 4.69) is 0 Å². The fourth-order valence-corrected chi connectivity index (χ4v) is 3.43. The van der Waals surface area contributed by atoms with E-state index in [0.29, 0.717) is 11.1 Å². The monoisotopic (exact) mass is 248 g/mol. The first kappa shape index (κ1) is 10.5. The van der Waals surface area contributed by atoms with Gasteiger partial charge in [-0.25, -0.2) is 0 Å². The topological polar surface area (TPSA) is 34.1 Å². The van der Waals surface area contributed by atoms with Crippen LogP contribution < -0.4 is 0 Å². The van der Waals surface area contributed by atoms with E-state index in [0.717, 1.165) is 11.1 Å². The number of halogens is 1. The van der Waals surface area contributed by atoms with Crippen molar-refractivity contribution in [1.29, 1.82) is 0 Å². The molecule has 0 heterocycles. The average Bonchev–Trinajstić information content (AvgIpc) is 2.63. The van der Waals surface area contributed by atoms with Gasteiger partial charge < -0.3 is 0 Å². The summed E-state index contributed by atoms with van der Waals surface area (Å²) in [6, 6.07) is 14.1. The van der Waals surface area contributed by atoms with Crippen LogP contribution in [0.1, 0.15) is 16.4 Å². The largest absolute Gasteiger partial charge is 0.313 e. The van der Waals surface area contributed by atoms with Gasteiger partial charge in [0.15, 0.2) is 0 Å². The van der Waals surface area contributed by atoms with Crippen molar-refractivity contribution in [3.05, 3.63) is 59.7 Å². The Morgan fingerprint density at radius 3 is 1.65 bits per heavy atom. The summed E-state index contributed by atoms with van der Waals surface area (Å²) in [5.41, 5.74) is 2.65. The lowest BCUT2D eigenvalue weighted by Gasteiger charge is -2.07. The van der Waals surface area contributed by atoms with Crippen LogP contribution in [0.3, 0.4) is 0 Å². The Balaban J connectivity index is 2.39. The zero-order valence-corrected chi connectivity index (χ0v) is 9.62. The van der Waals surface area contributed by atoms with E-state index >= 15 is 0 Å². The van der Waals surface area contributed by atoms with E-state index in [1.165, 1.54) is 0 Å². The second-order valence-electron chi connectivity index (χ2n) is 4.03. The lowest BCUT2D eigenvalue weighted by atomic mass is 10.1. The minimum atomic E-state index is -4.63. The zero-order valence-electron chi connectivity index (χ0n) is 8.80. The van der Waals surface area contributed by atoms with Crippen molar-refractivity contribution in [3.8, 4) is 11.1 Å². The van der Waals surface area contributed by atoms with Gasteiger partial charge in [-0.2, -0.15) is 8.42 Å². The normalized spacial score (nSPS) is 14.4. The van der Waals surface area contributed by atoms with Crippen LogP contribution in [0.15, 0.2) is 48.5 Å². The first-order chi connectivity index (χ1) is 8.09. The van der Waals surface area contributed by atoms with Gasteiger partial charge in [0.2, 0.25) is 0 Å². The second-order valence-corrected chi connectivity index (χ2v) is 5.45. The molecule has 0 N–H and O–H groups in total. The Bertz CT molecular complexity index is 647. The van der Waals surface area contributed by atoms with Crippen molar-refractivity contribution in [3.63, 3.8) is 0 Å². The van der Waals surface area contributed by atoms with Crippen molar-refractivity contribution in [1.82, 2.24) is 0 Å². The molecule has 0 radical (unpaired) electrons. The molecule has 2 nitrogen and oxygen atoms in total. The maximum Gasteiger partial charge on any atom is 0.313 e. The molecule has 1 aliphatic rings. The number of fused-ring (bicyclic) bond motifs is 3. The minimum absolute atomic E-state index is 0.524. The van der Waals surface area contributed by atoms with Crippen molar-refractivity contribution < 1.29 is 12.3 Å². The smallest absolute Gasteiger partial charge is 0.194 e. The molecule has 2 aromatic rings. The third kappa shape index (κ3) is 1.48. The van der Waals surface area contributed by atoms with Crippen LogP contribution in [0.4, 0.5) is 3.89 Å². The molecule has 4 heteroatoms. The molecular formula is C13H9FO2S. The molecule has 0 bridgehead atoms. The van der Waals surface area contributed by atoms with Gasteiger partial charge in [-0.3, -0.25) is 0 Å². The highest BCUT2D eigenvalue weighted by molar-refractivity contribution is 7.86. The summed E-state index contributed by atoms with van der Waals surface area (Å²) >= 11 is 0. The average molecular weight is 248 g/mol. The molecule has 0 fully saturated rings. The highest BCUT2D eigenvalue weighted by Gasteiger charge is 2.37. The lowest BCUT2D eigenvalue weighted by molar-refractivity contribution is 0.544. The SMILES string of the molecule is O=S(=O)(F)C1c2ccccc2-c2ccccc21. The third-order valence-electron chi connectivity index (χ3n) is 3.06. The Labute approximate surface area is 98.9 Å². The number of rotatable bonds is 1. The predicted octanol–water partition coefficient (Wildman–Crippen LogP) is 3.06. The van der Waals surface area contributed by atoms with E-state index < -0.39 is 15.5 Å². The molecule has 1 aliphatic carbocycles. The van der Waals surface area contributed by atoms with Crippen LogP contribution in [0.25, 0.3) is 11.1 Å². The van der Waals surface area contributed by atoms with Crippen LogP contribution in [0, 0.1) is 0 Å². The Morgan fingerprint density at radius 1 is 0.824 bits per heavy atom. The summed E-state index contributed by atoms with van der Waals surface area (Å²) in [7, 11) is -4.63. The van der Waals surface area contributed by atoms with E-state index in [9.17, 15) is 12.3 Å². The maximum atomic E-state index is 13.4. The van der Waals surface area contributed by atoms with Gasteiger partial charge in [0.25, 0.3) is 0 Å². The molecule has 0 saturated carbocycles. The van der Waals surface area contributed by atoms with Gasteiger partial charge in [-0.05, 0) is 22.3 Å². The van der Waals surface area contributed by atoms with Gasteiger partial charge in [0.1, 0.15) is 5.25 Å². The summed E-state index contributed by atoms with van der Waals surface area (Å²) < 4.78 is 36.0. The van der Waals surface area contributed by atoms with Crippen LogP contribution in [0.5, 0.6) is 0 Å². The standard InChI is InChI=1S/C13H9FO2S/c14-17(15,16)13-11-7-3-1-5-9(11)10-6-2-4-8-12(10)13/h1-8,13H. The summed E-state index contributed by atoms with van der Waals surface area (Å²) in [5, 5.41) is -1.17. The van der Waals surface area contributed by atoms with Crippen molar-refractivity contribution in [2.75, 3.05) is 0 Å². The summed E-state index contributed by atoms with van der Waals surface area (Å²) in [5.74, 6) is 0. The minimum Gasteiger partial charge on any atom is -0.194 e. The molecule has 0 aliphatic heterocycles. The Morgan fingerprint density at radius 2 is 1.24 bits per heavy atom. The molecule has 0 amide bonds. The second kappa shape index (κ2) is 3.40. The van der Waals surface area contributed by atoms with Crippen LogP contribution >= 0.6 is 0 Å². The van der Waals surface area contributed by atoms with Crippen LogP contribution in [-0.4, -0.2) is 8.42 Å². The molecule has 17 heavy (non-hydrogen) atoms. The van der Waals surface area contributed by atoms with Gasteiger partial charge in [0.05, 0.1) is 0 Å². The van der Waals surface area contributed by atoms with Gasteiger partial charge in [-0.15, -0.1) is 3.89 Å². The number of hydrogen-bond acceptors (Lipinski definition) is 2. The van der Waals surface area contributed by atoms with Crippen molar-refractivity contribution in [2.24, 2.45) is 0 Å². The maximum absolute atomic E-state index is 13.4. The molecule has 0 atom stereocenters. The molecule has 2 aromatic carbocycles. The summed E-state index contributed by atoms with van der Waals surface area (Å²) in [6.07, 6.45) is 0. The first-order valence-electron chi connectivity index (χ1n) is 5.21. The highest BCUT2D eigenvalue weighted by atomic mass is 32.3. The fourth-order valence-electron chi connectivity index (χ4n) is 2.41. The van der Waals surface area contributed by atoms with E-state index in [4.69, 9.17) is 0 Å². The van der Waals surface area contributed by atoms with E-state index in [-0.39, 0.29) is 0 Å². The third-order valence-corrected chi connectivity index (χ3v) is 4.13. The quantitative estimate of drug-likeness (QED) is 0.727. The summed E-state index contributed by atoms with van der Waals surface area (Å²) in [6.45, 7) is 0. The molecule has 0 unspecified atom stereocenters. The van der Waals surface area contributed by atoms with E-state index in [1.54, 1.807) is 24.3 Å². The molecule has 3 rings (SSSR count). The van der Waals surface area contributed by atoms with Crippen molar-refractivity contribution >= 4 is 10.2 Å². The van der Waals surface area contributed by atoms with Gasteiger partial charge in [-0.1, -0.05) is 48.5 Å². The molecule has 0 spiro atoms. The molecule has 0 aromatic heterocycles. The fraction of sp³-hybridized carbons (Fsp3) is 0.0769. The van der Waals surface area contributed by atoms with Gasteiger partial charge in [0, 0.05) is 0 Å². The Hall–Kier alpha value is -1.68. The highest BCUT2D eigenvalue weighted by Crippen LogP contribution is 2.47. The molecular weight excluding hydrogens is 239 g/mol. The van der Waals surface area contributed by atoms with Gasteiger partial charge >= 0.3 is 10.2 Å². The number of benzene rings is 2. The number of hydrogen-bond donors (Lipinski definition) is 0. The van der Waals surface area contributed by atoms with E-state index in [1.807, 2.05) is 24.3 Å². The first-order valence-corrected chi connectivity index (χ1v) is 6.65. The zero-order chi connectivity index (χ0) is 12.0.